The second-order valence-corrected chi connectivity index (χ2v) is 5.04. The van der Waals surface area contributed by atoms with E-state index in [4.69, 9.17) is 11.6 Å². The molecule has 1 heterocycles. The number of aryl methyl sites for hydroxylation is 1. The van der Waals surface area contributed by atoms with Crippen molar-refractivity contribution in [1.82, 2.24) is 4.57 Å². The molecule has 5 heteroatoms. The Morgan fingerprint density at radius 1 is 1.30 bits per heavy atom. The quantitative estimate of drug-likeness (QED) is 0.945. The summed E-state index contributed by atoms with van der Waals surface area (Å²) in [6.07, 6.45) is 1.61. The lowest BCUT2D eigenvalue weighted by atomic mass is 10.2. The number of hydrogen-bond donors (Lipinski definition) is 1. The maximum Gasteiger partial charge on any atom is 0.251 e. The first-order valence-electron chi connectivity index (χ1n) is 6.19. The van der Waals surface area contributed by atoms with Crippen LogP contribution in [-0.2, 0) is 11.3 Å². The van der Waals surface area contributed by atoms with Crippen molar-refractivity contribution >= 4 is 23.2 Å². The fourth-order valence-corrected chi connectivity index (χ4v) is 2.00. The zero-order valence-corrected chi connectivity index (χ0v) is 12.1. The molecule has 20 heavy (non-hydrogen) atoms. The molecule has 0 atom stereocenters. The fourth-order valence-electron chi connectivity index (χ4n) is 1.82. The topological polar surface area (TPSA) is 51.1 Å². The van der Waals surface area contributed by atoms with E-state index in [1.165, 1.54) is 10.6 Å². The van der Waals surface area contributed by atoms with Gasteiger partial charge in [0.1, 0.15) is 6.54 Å². The lowest BCUT2D eigenvalue weighted by Gasteiger charge is -2.10. The van der Waals surface area contributed by atoms with Crippen molar-refractivity contribution in [2.45, 2.75) is 20.4 Å². The Morgan fingerprint density at radius 3 is 2.75 bits per heavy atom. The highest BCUT2D eigenvalue weighted by atomic mass is 35.5. The monoisotopic (exact) mass is 290 g/mol. The summed E-state index contributed by atoms with van der Waals surface area (Å²) in [6.45, 7) is 3.64. The Bertz CT molecular complexity index is 707. The molecule has 1 amide bonds. The predicted octanol–water partition coefficient (Wildman–Crippen LogP) is 2.76. The van der Waals surface area contributed by atoms with Crippen LogP contribution in [0.5, 0.6) is 0 Å². The number of benzene rings is 1. The largest absolute Gasteiger partial charge is 0.324 e. The molecule has 2 rings (SSSR count). The highest BCUT2D eigenvalue weighted by molar-refractivity contribution is 6.31. The summed E-state index contributed by atoms with van der Waals surface area (Å²) >= 11 is 5.99. The van der Waals surface area contributed by atoms with E-state index in [0.717, 1.165) is 11.1 Å². The lowest BCUT2D eigenvalue weighted by molar-refractivity contribution is -0.116. The summed E-state index contributed by atoms with van der Waals surface area (Å²) in [4.78, 5) is 23.7. The van der Waals surface area contributed by atoms with Crippen molar-refractivity contribution < 1.29 is 4.79 Å². The number of aromatic nitrogens is 1. The first-order valence-corrected chi connectivity index (χ1v) is 6.57. The molecular formula is C15H15ClN2O2. The molecule has 0 saturated carbocycles. The summed E-state index contributed by atoms with van der Waals surface area (Å²) in [5.41, 5.74) is 2.14. The third kappa shape index (κ3) is 3.27. The zero-order valence-electron chi connectivity index (χ0n) is 11.3. The molecule has 1 N–H and O–H groups in total. The van der Waals surface area contributed by atoms with Crippen LogP contribution in [0.3, 0.4) is 0 Å². The Hall–Kier alpha value is -2.07. The Labute approximate surface area is 122 Å². The molecular weight excluding hydrogens is 276 g/mol. The van der Waals surface area contributed by atoms with E-state index < -0.39 is 0 Å². The van der Waals surface area contributed by atoms with Crippen LogP contribution in [0, 0.1) is 13.8 Å². The summed E-state index contributed by atoms with van der Waals surface area (Å²) in [7, 11) is 0. The van der Waals surface area contributed by atoms with E-state index in [9.17, 15) is 9.59 Å². The van der Waals surface area contributed by atoms with E-state index in [1.807, 2.05) is 13.8 Å². The molecule has 0 spiro atoms. The van der Waals surface area contributed by atoms with E-state index >= 15 is 0 Å². The number of amides is 1. The van der Waals surface area contributed by atoms with E-state index in [1.54, 1.807) is 30.5 Å². The number of hydrogen-bond acceptors (Lipinski definition) is 2. The maximum atomic E-state index is 12.0. The number of rotatable bonds is 3. The van der Waals surface area contributed by atoms with E-state index in [2.05, 4.69) is 5.32 Å². The first kappa shape index (κ1) is 14.3. The second-order valence-electron chi connectivity index (χ2n) is 4.63. The van der Waals surface area contributed by atoms with E-state index in [0.29, 0.717) is 10.7 Å². The van der Waals surface area contributed by atoms with Gasteiger partial charge in [-0.1, -0.05) is 17.7 Å². The maximum absolute atomic E-state index is 12.0. The number of anilines is 1. The van der Waals surface area contributed by atoms with Crippen molar-refractivity contribution in [1.29, 1.82) is 0 Å². The molecule has 0 aliphatic heterocycles. The summed E-state index contributed by atoms with van der Waals surface area (Å²) < 4.78 is 1.36. The minimum absolute atomic E-state index is 0.0228. The molecule has 0 unspecified atom stereocenters. The van der Waals surface area contributed by atoms with Gasteiger partial charge in [0.05, 0.1) is 0 Å². The van der Waals surface area contributed by atoms with Crippen LogP contribution in [0.25, 0.3) is 0 Å². The highest BCUT2D eigenvalue weighted by Gasteiger charge is 2.08. The second kappa shape index (κ2) is 5.92. The van der Waals surface area contributed by atoms with Gasteiger partial charge in [0.25, 0.3) is 5.56 Å². The van der Waals surface area contributed by atoms with Gasteiger partial charge in [-0.05, 0) is 43.2 Å². The Balaban J connectivity index is 2.13. The average molecular weight is 291 g/mol. The number of halogens is 1. The number of nitrogens with zero attached hydrogens (tertiary/aromatic N) is 1. The smallest absolute Gasteiger partial charge is 0.251 e. The van der Waals surface area contributed by atoms with Gasteiger partial charge in [-0.3, -0.25) is 9.59 Å². The van der Waals surface area contributed by atoms with Crippen LogP contribution in [0.2, 0.25) is 5.02 Å². The molecule has 104 valence electrons. The van der Waals surface area contributed by atoms with Crippen LogP contribution < -0.4 is 10.9 Å². The van der Waals surface area contributed by atoms with Gasteiger partial charge in [-0.25, -0.2) is 0 Å². The van der Waals surface area contributed by atoms with E-state index in [-0.39, 0.29) is 18.0 Å². The Kier molecular flexibility index (Phi) is 4.25. The molecule has 0 aliphatic rings. The third-order valence-electron chi connectivity index (χ3n) is 3.01. The van der Waals surface area contributed by atoms with Crippen LogP contribution in [0.1, 0.15) is 11.1 Å². The van der Waals surface area contributed by atoms with Gasteiger partial charge in [-0.2, -0.15) is 0 Å². The summed E-state index contributed by atoms with van der Waals surface area (Å²) in [6, 6.07) is 8.59. The van der Waals surface area contributed by atoms with Crippen LogP contribution in [-0.4, -0.2) is 10.5 Å². The molecule has 0 fully saturated rings. The van der Waals surface area contributed by atoms with Crippen LogP contribution in [0.4, 0.5) is 5.69 Å². The standard InChI is InChI=1S/C15H15ClN2O2/c1-10-6-7-18(15(20)8-10)9-14(19)17-13-5-3-4-12(16)11(13)2/h3-8H,9H2,1-2H3,(H,17,19). The number of pyridine rings is 1. The fraction of sp³-hybridized carbons (Fsp3) is 0.200. The molecule has 0 bridgehead atoms. The van der Waals surface area contributed by atoms with Crippen LogP contribution >= 0.6 is 11.6 Å². The molecule has 1 aromatic carbocycles. The molecule has 1 aromatic heterocycles. The number of carbonyl (C=O) groups is 1. The normalized spacial score (nSPS) is 10.3. The van der Waals surface area contributed by atoms with Crippen molar-refractivity contribution in [2.75, 3.05) is 5.32 Å². The van der Waals surface area contributed by atoms with Crippen molar-refractivity contribution in [3.8, 4) is 0 Å². The van der Waals surface area contributed by atoms with Gasteiger partial charge in [0.2, 0.25) is 5.91 Å². The third-order valence-corrected chi connectivity index (χ3v) is 3.42. The number of nitrogens with one attached hydrogen (secondary N) is 1. The van der Waals surface area contributed by atoms with Crippen molar-refractivity contribution in [3.05, 3.63) is 63.0 Å². The first-order chi connectivity index (χ1) is 9.47. The number of carbonyl (C=O) groups excluding carboxylic acids is 1. The van der Waals surface area contributed by atoms with Gasteiger partial charge < -0.3 is 9.88 Å². The molecule has 0 radical (unpaired) electrons. The molecule has 0 aliphatic carbocycles. The predicted molar refractivity (Wildman–Crippen MR) is 80.3 cm³/mol. The molecule has 4 nitrogen and oxygen atoms in total. The van der Waals surface area contributed by atoms with Crippen LogP contribution in [0.15, 0.2) is 41.3 Å². The SMILES string of the molecule is Cc1ccn(CC(=O)Nc2cccc(Cl)c2C)c(=O)c1. The minimum Gasteiger partial charge on any atom is -0.324 e. The van der Waals surface area contributed by atoms with Crippen molar-refractivity contribution in [3.63, 3.8) is 0 Å². The van der Waals surface area contributed by atoms with Crippen molar-refractivity contribution in [2.24, 2.45) is 0 Å². The zero-order chi connectivity index (χ0) is 14.7. The summed E-state index contributed by atoms with van der Waals surface area (Å²) in [5, 5.41) is 3.35. The van der Waals surface area contributed by atoms with Gasteiger partial charge >= 0.3 is 0 Å². The van der Waals surface area contributed by atoms with Gasteiger partial charge in [0, 0.05) is 23.0 Å². The lowest BCUT2D eigenvalue weighted by Crippen LogP contribution is -2.27. The molecule has 0 saturated heterocycles. The molecule has 2 aromatic rings. The summed E-state index contributed by atoms with van der Waals surface area (Å²) in [5.74, 6) is -0.263. The highest BCUT2D eigenvalue weighted by Crippen LogP contribution is 2.22. The van der Waals surface area contributed by atoms with Gasteiger partial charge in [-0.15, -0.1) is 0 Å². The average Bonchev–Trinajstić information content (AvgIpc) is 2.38. The Morgan fingerprint density at radius 2 is 2.05 bits per heavy atom. The minimum atomic E-state index is -0.263. The van der Waals surface area contributed by atoms with Gasteiger partial charge in [0.15, 0.2) is 0 Å².